The molecule has 0 amide bonds. The standard InChI is InChI=1S/C12H15N5O/c1-7(2)8-4-3-5-9(6-8)15-11(13)10-12(14)17-18-16-10/h3-7H,1-2H3,(H2,13,15)(H2,14,17). The molecule has 0 spiro atoms. The highest BCUT2D eigenvalue weighted by Gasteiger charge is 2.12. The molecule has 2 aromatic rings. The second-order valence-electron chi connectivity index (χ2n) is 4.28. The van der Waals surface area contributed by atoms with Gasteiger partial charge >= 0.3 is 0 Å². The van der Waals surface area contributed by atoms with Gasteiger partial charge < -0.3 is 11.1 Å². The Hall–Kier alpha value is -2.37. The van der Waals surface area contributed by atoms with Gasteiger partial charge in [0.2, 0.25) is 0 Å². The number of amidine groups is 1. The third-order valence-corrected chi connectivity index (χ3v) is 2.57. The van der Waals surface area contributed by atoms with E-state index in [9.17, 15) is 0 Å². The van der Waals surface area contributed by atoms with Crippen molar-refractivity contribution in [2.75, 3.05) is 11.1 Å². The normalized spacial score (nSPS) is 10.6. The molecule has 4 N–H and O–H groups in total. The SMILES string of the molecule is CC(C)c1cccc(NC(=N)c2nonc2N)c1. The average Bonchev–Trinajstić information content (AvgIpc) is 2.76. The van der Waals surface area contributed by atoms with E-state index in [0.29, 0.717) is 5.92 Å². The lowest BCUT2D eigenvalue weighted by Crippen LogP contribution is -2.14. The van der Waals surface area contributed by atoms with Crippen molar-refractivity contribution < 1.29 is 4.63 Å². The van der Waals surface area contributed by atoms with Crippen molar-refractivity contribution in [2.45, 2.75) is 19.8 Å². The zero-order valence-electron chi connectivity index (χ0n) is 10.3. The van der Waals surface area contributed by atoms with Gasteiger partial charge in [-0.05, 0) is 33.9 Å². The molecule has 0 aliphatic heterocycles. The molecule has 1 aromatic carbocycles. The zero-order valence-corrected chi connectivity index (χ0v) is 10.3. The molecule has 0 fully saturated rings. The summed E-state index contributed by atoms with van der Waals surface area (Å²) in [5.74, 6) is 0.599. The molecule has 0 aliphatic carbocycles. The van der Waals surface area contributed by atoms with Gasteiger partial charge in [0.25, 0.3) is 0 Å². The molecule has 94 valence electrons. The summed E-state index contributed by atoms with van der Waals surface area (Å²) in [5.41, 5.74) is 7.75. The third kappa shape index (κ3) is 2.48. The van der Waals surface area contributed by atoms with Gasteiger partial charge in [-0.1, -0.05) is 26.0 Å². The van der Waals surface area contributed by atoms with Crippen molar-refractivity contribution in [1.29, 1.82) is 5.41 Å². The predicted molar refractivity (Wildman–Crippen MR) is 69.7 cm³/mol. The van der Waals surface area contributed by atoms with Crippen LogP contribution in [0.3, 0.4) is 0 Å². The van der Waals surface area contributed by atoms with Crippen LogP contribution in [0.5, 0.6) is 0 Å². The van der Waals surface area contributed by atoms with Crippen molar-refractivity contribution in [3.8, 4) is 0 Å². The van der Waals surface area contributed by atoms with Gasteiger partial charge in [-0.2, -0.15) is 0 Å². The maximum absolute atomic E-state index is 7.85. The summed E-state index contributed by atoms with van der Waals surface area (Å²) in [5, 5.41) is 17.8. The van der Waals surface area contributed by atoms with Gasteiger partial charge in [-0.25, -0.2) is 4.63 Å². The Bertz CT molecular complexity index is 561. The van der Waals surface area contributed by atoms with E-state index in [0.717, 1.165) is 5.69 Å². The van der Waals surface area contributed by atoms with Gasteiger partial charge in [-0.15, -0.1) is 0 Å². The smallest absolute Gasteiger partial charge is 0.199 e. The van der Waals surface area contributed by atoms with Crippen LogP contribution in [0.1, 0.15) is 31.0 Å². The minimum Gasteiger partial charge on any atom is -0.379 e. The summed E-state index contributed by atoms with van der Waals surface area (Å²) in [4.78, 5) is 0. The van der Waals surface area contributed by atoms with Gasteiger partial charge in [0.15, 0.2) is 17.3 Å². The first-order valence-electron chi connectivity index (χ1n) is 5.62. The molecule has 0 bridgehead atoms. The van der Waals surface area contributed by atoms with E-state index in [4.69, 9.17) is 11.1 Å². The monoisotopic (exact) mass is 245 g/mol. The summed E-state index contributed by atoms with van der Waals surface area (Å²) >= 11 is 0. The van der Waals surface area contributed by atoms with Crippen molar-refractivity contribution in [2.24, 2.45) is 0 Å². The molecule has 0 aliphatic rings. The van der Waals surface area contributed by atoms with Crippen LogP contribution in [0.4, 0.5) is 11.5 Å². The highest BCUT2D eigenvalue weighted by Crippen LogP contribution is 2.19. The summed E-state index contributed by atoms with van der Waals surface area (Å²) < 4.78 is 4.46. The van der Waals surface area contributed by atoms with Crippen LogP contribution < -0.4 is 11.1 Å². The van der Waals surface area contributed by atoms with E-state index < -0.39 is 0 Å². The predicted octanol–water partition coefficient (Wildman–Crippen LogP) is 2.21. The Balaban J connectivity index is 2.17. The Morgan fingerprint density at radius 3 is 2.78 bits per heavy atom. The molecule has 6 nitrogen and oxygen atoms in total. The van der Waals surface area contributed by atoms with E-state index in [2.05, 4.69) is 34.1 Å². The van der Waals surface area contributed by atoms with Crippen LogP contribution in [-0.4, -0.2) is 16.1 Å². The number of hydrogen-bond donors (Lipinski definition) is 3. The fraction of sp³-hybridized carbons (Fsp3) is 0.250. The number of anilines is 2. The van der Waals surface area contributed by atoms with Gasteiger partial charge in [0.05, 0.1) is 0 Å². The van der Waals surface area contributed by atoms with Crippen LogP contribution in [0.2, 0.25) is 0 Å². The molecule has 1 aromatic heterocycles. The van der Waals surface area contributed by atoms with Crippen LogP contribution >= 0.6 is 0 Å². The summed E-state index contributed by atoms with van der Waals surface area (Å²) in [6.07, 6.45) is 0. The van der Waals surface area contributed by atoms with Crippen LogP contribution in [0.25, 0.3) is 0 Å². The number of nitrogens with two attached hydrogens (primary N) is 1. The topological polar surface area (TPSA) is 101 Å². The molecule has 18 heavy (non-hydrogen) atoms. The second-order valence-corrected chi connectivity index (χ2v) is 4.28. The van der Waals surface area contributed by atoms with Crippen LogP contribution in [0.15, 0.2) is 28.9 Å². The van der Waals surface area contributed by atoms with E-state index in [-0.39, 0.29) is 17.3 Å². The summed E-state index contributed by atoms with van der Waals surface area (Å²) in [6, 6.07) is 7.86. The Morgan fingerprint density at radius 2 is 2.17 bits per heavy atom. The van der Waals surface area contributed by atoms with Crippen molar-refractivity contribution in [3.63, 3.8) is 0 Å². The molecule has 0 atom stereocenters. The number of nitrogens with one attached hydrogen (secondary N) is 2. The second kappa shape index (κ2) is 4.87. The number of hydrogen-bond acceptors (Lipinski definition) is 5. The van der Waals surface area contributed by atoms with Crippen molar-refractivity contribution in [3.05, 3.63) is 35.5 Å². The number of benzene rings is 1. The Morgan fingerprint density at radius 1 is 1.39 bits per heavy atom. The van der Waals surface area contributed by atoms with Crippen LogP contribution in [-0.2, 0) is 0 Å². The van der Waals surface area contributed by atoms with E-state index in [1.54, 1.807) is 0 Å². The average molecular weight is 245 g/mol. The largest absolute Gasteiger partial charge is 0.379 e. The van der Waals surface area contributed by atoms with Gasteiger partial charge in [0.1, 0.15) is 0 Å². The fourth-order valence-electron chi connectivity index (χ4n) is 1.55. The number of rotatable bonds is 3. The van der Waals surface area contributed by atoms with E-state index >= 15 is 0 Å². The summed E-state index contributed by atoms with van der Waals surface area (Å²) in [7, 11) is 0. The number of nitrogens with zero attached hydrogens (tertiary/aromatic N) is 2. The molecule has 0 saturated carbocycles. The minimum absolute atomic E-state index is 0.0645. The lowest BCUT2D eigenvalue weighted by molar-refractivity contribution is 0.308. The number of aromatic nitrogens is 2. The van der Waals surface area contributed by atoms with Crippen molar-refractivity contribution >= 4 is 17.3 Å². The molecule has 0 radical (unpaired) electrons. The molecule has 6 heteroatoms. The summed E-state index contributed by atoms with van der Waals surface area (Å²) in [6.45, 7) is 4.23. The maximum atomic E-state index is 7.85. The highest BCUT2D eigenvalue weighted by atomic mass is 16.6. The van der Waals surface area contributed by atoms with Crippen LogP contribution in [0, 0.1) is 5.41 Å². The Labute approximate surface area is 105 Å². The first-order chi connectivity index (χ1) is 8.58. The molecule has 0 saturated heterocycles. The fourth-order valence-corrected chi connectivity index (χ4v) is 1.55. The zero-order chi connectivity index (χ0) is 13.1. The molecular formula is C12H15N5O. The lowest BCUT2D eigenvalue weighted by Gasteiger charge is -2.09. The van der Waals surface area contributed by atoms with Gasteiger partial charge in [0, 0.05) is 5.69 Å². The Kier molecular flexibility index (Phi) is 3.27. The van der Waals surface area contributed by atoms with Gasteiger partial charge in [-0.3, -0.25) is 5.41 Å². The minimum atomic E-state index is 0.0645. The molecule has 2 rings (SSSR count). The highest BCUT2D eigenvalue weighted by molar-refractivity contribution is 6.07. The third-order valence-electron chi connectivity index (χ3n) is 2.57. The number of nitrogen functional groups attached to an aromatic ring is 1. The van der Waals surface area contributed by atoms with E-state index in [1.165, 1.54) is 5.56 Å². The first kappa shape index (κ1) is 12.1. The first-order valence-corrected chi connectivity index (χ1v) is 5.62. The molecule has 0 unspecified atom stereocenters. The molecule has 1 heterocycles. The van der Waals surface area contributed by atoms with Crippen molar-refractivity contribution in [1.82, 2.24) is 10.3 Å². The lowest BCUT2D eigenvalue weighted by atomic mass is 10.0. The molecular weight excluding hydrogens is 230 g/mol. The maximum Gasteiger partial charge on any atom is 0.199 e. The van der Waals surface area contributed by atoms with E-state index in [1.807, 2.05) is 24.3 Å². The quantitative estimate of drug-likeness (QED) is 0.568.